The van der Waals surface area contributed by atoms with Gasteiger partial charge in [0.15, 0.2) is 9.84 Å². The van der Waals surface area contributed by atoms with Crippen molar-refractivity contribution in [2.24, 2.45) is 0 Å². The summed E-state index contributed by atoms with van der Waals surface area (Å²) in [5.74, 6) is 0.316. The Kier molecular flexibility index (Phi) is 4.51. The molecule has 0 aromatic carbocycles. The molecule has 0 radical (unpaired) electrons. The van der Waals surface area contributed by atoms with Gasteiger partial charge in [0.05, 0.1) is 41.7 Å². The minimum absolute atomic E-state index is 0.0872. The van der Waals surface area contributed by atoms with Crippen LogP contribution in [-0.2, 0) is 9.84 Å². The molecule has 0 aliphatic carbocycles. The van der Waals surface area contributed by atoms with Crippen LogP contribution in [0.25, 0.3) is 0 Å². The quantitative estimate of drug-likeness (QED) is 0.882. The molecule has 1 saturated heterocycles. The molecule has 1 aliphatic heterocycles. The van der Waals surface area contributed by atoms with Crippen LogP contribution in [0.3, 0.4) is 0 Å². The van der Waals surface area contributed by atoms with E-state index in [4.69, 9.17) is 4.74 Å². The molecule has 3 rings (SSSR count). The summed E-state index contributed by atoms with van der Waals surface area (Å²) in [5, 5.41) is 7.29. The average molecular weight is 364 g/mol. The number of rotatable bonds is 4. The number of carbonyl (C=O) groups excluding carboxylic acids is 1. The first-order valence-corrected chi connectivity index (χ1v) is 9.70. The number of methoxy groups -OCH3 is 1. The zero-order chi connectivity index (χ0) is 18.2. The maximum atomic E-state index is 12.5. The zero-order valence-corrected chi connectivity index (χ0v) is 15.1. The van der Waals surface area contributed by atoms with Crippen molar-refractivity contribution >= 4 is 21.4 Å². The summed E-state index contributed by atoms with van der Waals surface area (Å²) in [7, 11) is -1.52. The van der Waals surface area contributed by atoms with E-state index in [0.29, 0.717) is 29.2 Å². The maximum absolute atomic E-state index is 12.5. The Bertz CT molecular complexity index is 920. The van der Waals surface area contributed by atoms with Crippen molar-refractivity contribution < 1.29 is 17.9 Å². The fourth-order valence-electron chi connectivity index (χ4n) is 3.02. The Hall–Kier alpha value is -2.42. The molecule has 1 amide bonds. The third kappa shape index (κ3) is 3.51. The molecule has 9 heteroatoms. The predicted molar refractivity (Wildman–Crippen MR) is 92.8 cm³/mol. The Balaban J connectivity index is 1.84. The molecule has 2 aromatic rings. The number of amides is 1. The third-order valence-corrected chi connectivity index (χ3v) is 6.07. The van der Waals surface area contributed by atoms with E-state index in [1.807, 2.05) is 6.92 Å². The van der Waals surface area contributed by atoms with E-state index in [-0.39, 0.29) is 23.5 Å². The fraction of sp³-hybridized carbons (Fsp3) is 0.438. The molecule has 134 valence electrons. The second-order valence-electron chi connectivity index (χ2n) is 6.09. The van der Waals surface area contributed by atoms with Crippen LogP contribution in [0.4, 0.5) is 5.69 Å². The van der Waals surface area contributed by atoms with Gasteiger partial charge in [0.25, 0.3) is 5.91 Å². The van der Waals surface area contributed by atoms with Crippen molar-refractivity contribution in [2.75, 3.05) is 23.9 Å². The summed E-state index contributed by atoms with van der Waals surface area (Å²) in [6.07, 6.45) is 2.04. The predicted octanol–water partition coefficient (Wildman–Crippen LogP) is 1.52. The fourth-order valence-corrected chi connectivity index (χ4v) is 4.71. The minimum atomic E-state index is -3.01. The van der Waals surface area contributed by atoms with Gasteiger partial charge in [0, 0.05) is 17.8 Å². The van der Waals surface area contributed by atoms with E-state index in [1.54, 1.807) is 23.7 Å². The Morgan fingerprint density at radius 1 is 1.40 bits per heavy atom. The zero-order valence-electron chi connectivity index (χ0n) is 14.3. The lowest BCUT2D eigenvalue weighted by Gasteiger charge is -2.12. The summed E-state index contributed by atoms with van der Waals surface area (Å²) in [5.41, 5.74) is 2.41. The Morgan fingerprint density at radius 3 is 2.80 bits per heavy atom. The number of nitrogens with zero attached hydrogens (tertiary/aromatic N) is 3. The van der Waals surface area contributed by atoms with Crippen LogP contribution < -0.4 is 10.1 Å². The minimum Gasteiger partial charge on any atom is -0.481 e. The smallest absolute Gasteiger partial charge is 0.256 e. The first kappa shape index (κ1) is 17.4. The van der Waals surface area contributed by atoms with Crippen LogP contribution in [0.1, 0.15) is 34.2 Å². The number of sulfone groups is 1. The molecule has 1 fully saturated rings. The highest BCUT2D eigenvalue weighted by Crippen LogP contribution is 2.29. The third-order valence-electron chi connectivity index (χ3n) is 4.32. The lowest BCUT2D eigenvalue weighted by molar-refractivity contribution is 0.102. The van der Waals surface area contributed by atoms with Crippen molar-refractivity contribution in [3.63, 3.8) is 0 Å². The number of ether oxygens (including phenoxy) is 1. The molecule has 1 N–H and O–H groups in total. The van der Waals surface area contributed by atoms with E-state index >= 15 is 0 Å². The number of anilines is 1. The van der Waals surface area contributed by atoms with Crippen molar-refractivity contribution in [1.82, 2.24) is 14.8 Å². The van der Waals surface area contributed by atoms with E-state index in [2.05, 4.69) is 15.4 Å². The molecule has 8 nitrogen and oxygen atoms in total. The molecule has 2 aromatic heterocycles. The van der Waals surface area contributed by atoms with Crippen LogP contribution in [0.5, 0.6) is 5.88 Å². The van der Waals surface area contributed by atoms with Gasteiger partial charge in [-0.15, -0.1) is 0 Å². The van der Waals surface area contributed by atoms with Gasteiger partial charge in [0.1, 0.15) is 0 Å². The van der Waals surface area contributed by atoms with Crippen molar-refractivity contribution in [3.05, 3.63) is 35.3 Å². The molecular formula is C16H20N4O4S. The van der Waals surface area contributed by atoms with Crippen molar-refractivity contribution in [2.45, 2.75) is 26.3 Å². The lowest BCUT2D eigenvalue weighted by Crippen LogP contribution is -2.15. The number of aromatic nitrogens is 3. The normalized spacial score (nSPS) is 18.9. The van der Waals surface area contributed by atoms with Gasteiger partial charge in [-0.1, -0.05) is 0 Å². The van der Waals surface area contributed by atoms with Crippen LogP contribution in [-0.4, -0.2) is 47.7 Å². The number of pyridine rings is 1. The summed E-state index contributed by atoms with van der Waals surface area (Å²) in [6.45, 7) is 3.61. The number of hydrogen-bond acceptors (Lipinski definition) is 6. The highest BCUT2D eigenvalue weighted by Gasteiger charge is 2.31. The van der Waals surface area contributed by atoms with Crippen LogP contribution >= 0.6 is 0 Å². The van der Waals surface area contributed by atoms with Gasteiger partial charge >= 0.3 is 0 Å². The molecule has 25 heavy (non-hydrogen) atoms. The number of aryl methyl sites for hydroxylation is 1. The summed E-state index contributed by atoms with van der Waals surface area (Å²) < 4.78 is 30.2. The van der Waals surface area contributed by atoms with Gasteiger partial charge in [-0.25, -0.2) is 13.4 Å². The summed E-state index contributed by atoms with van der Waals surface area (Å²) in [6, 6.07) is 2.96. The van der Waals surface area contributed by atoms with Gasteiger partial charge in [-0.2, -0.15) is 5.10 Å². The second-order valence-corrected chi connectivity index (χ2v) is 8.32. The highest BCUT2D eigenvalue weighted by atomic mass is 32.2. The summed E-state index contributed by atoms with van der Waals surface area (Å²) in [4.78, 5) is 16.5. The van der Waals surface area contributed by atoms with E-state index in [0.717, 1.165) is 5.69 Å². The first-order valence-electron chi connectivity index (χ1n) is 7.88. The van der Waals surface area contributed by atoms with Gasteiger partial charge in [-0.3, -0.25) is 9.48 Å². The van der Waals surface area contributed by atoms with Crippen LogP contribution in [0.15, 0.2) is 18.3 Å². The average Bonchev–Trinajstić information content (AvgIpc) is 3.08. The number of hydrogen-bond donors (Lipinski definition) is 1. The molecule has 1 atom stereocenters. The largest absolute Gasteiger partial charge is 0.481 e. The van der Waals surface area contributed by atoms with Crippen LogP contribution in [0.2, 0.25) is 0 Å². The molecule has 1 aliphatic rings. The van der Waals surface area contributed by atoms with Gasteiger partial charge in [-0.05, 0) is 26.3 Å². The Morgan fingerprint density at radius 2 is 2.16 bits per heavy atom. The van der Waals surface area contributed by atoms with Crippen molar-refractivity contribution in [1.29, 1.82) is 0 Å². The van der Waals surface area contributed by atoms with E-state index in [1.165, 1.54) is 13.3 Å². The van der Waals surface area contributed by atoms with Crippen molar-refractivity contribution in [3.8, 4) is 5.88 Å². The van der Waals surface area contributed by atoms with Gasteiger partial charge < -0.3 is 10.1 Å². The lowest BCUT2D eigenvalue weighted by atomic mass is 10.2. The van der Waals surface area contributed by atoms with E-state index < -0.39 is 9.84 Å². The number of nitrogens with one attached hydrogen (secondary N) is 1. The SMILES string of the molecule is COc1cc(C(=O)Nc2c(C)nn(C3CCS(=O)(=O)C3)c2C)ccn1. The first-order chi connectivity index (χ1) is 11.8. The molecule has 0 saturated carbocycles. The highest BCUT2D eigenvalue weighted by molar-refractivity contribution is 7.91. The second kappa shape index (κ2) is 6.47. The monoisotopic (exact) mass is 364 g/mol. The molecule has 0 bridgehead atoms. The molecule has 1 unspecified atom stereocenters. The molecule has 0 spiro atoms. The van der Waals surface area contributed by atoms with Crippen LogP contribution in [0, 0.1) is 13.8 Å². The number of carbonyl (C=O) groups is 1. The maximum Gasteiger partial charge on any atom is 0.256 e. The topological polar surface area (TPSA) is 103 Å². The summed E-state index contributed by atoms with van der Waals surface area (Å²) >= 11 is 0. The standard InChI is InChI=1S/C16H20N4O4S/c1-10-15(18-16(21)12-4-6-17-14(8-12)24-3)11(2)20(19-10)13-5-7-25(22,23)9-13/h4,6,8,13H,5,7,9H2,1-3H3,(H,18,21). The Labute approximate surface area is 146 Å². The molecular weight excluding hydrogens is 344 g/mol. The van der Waals surface area contributed by atoms with Gasteiger partial charge in [0.2, 0.25) is 5.88 Å². The van der Waals surface area contributed by atoms with E-state index in [9.17, 15) is 13.2 Å². The molecule has 3 heterocycles.